The third kappa shape index (κ3) is 6.27. The summed E-state index contributed by atoms with van der Waals surface area (Å²) in [6.45, 7) is 6.86. The maximum atomic E-state index is 12.1. The van der Waals surface area contributed by atoms with Gasteiger partial charge in [0.25, 0.3) is 5.91 Å². The minimum Gasteiger partial charge on any atom is -0.488 e. The lowest BCUT2D eigenvalue weighted by molar-refractivity contribution is -0.385. The van der Waals surface area contributed by atoms with E-state index in [0.717, 1.165) is 17.3 Å². The average molecular weight is 443 g/mol. The van der Waals surface area contributed by atoms with Crippen LogP contribution in [0.25, 0.3) is 0 Å². The number of rotatable bonds is 9. The molecule has 1 N–H and O–H groups in total. The topological polar surface area (TPSA) is 129 Å². The number of hydrogen-bond acceptors (Lipinski definition) is 8. The van der Waals surface area contributed by atoms with Crippen molar-refractivity contribution in [3.8, 4) is 17.2 Å². The summed E-state index contributed by atoms with van der Waals surface area (Å²) in [5.41, 5.74) is 3.84. The van der Waals surface area contributed by atoms with Crippen LogP contribution in [0.5, 0.6) is 17.2 Å². The molecule has 0 heterocycles. The summed E-state index contributed by atoms with van der Waals surface area (Å²) in [5.74, 6) is -0.688. The van der Waals surface area contributed by atoms with E-state index in [1.54, 1.807) is 0 Å². The molecule has 1 amide bonds. The second-order valence-corrected chi connectivity index (χ2v) is 7.16. The largest absolute Gasteiger partial charge is 0.488 e. The number of hydrogen-bond donors (Lipinski definition) is 1. The lowest BCUT2D eigenvalue weighted by atomic mass is 10.0. The Bertz CT molecular complexity index is 1050. The molecule has 32 heavy (non-hydrogen) atoms. The number of carbonyl (C=O) groups is 2. The van der Waals surface area contributed by atoms with Gasteiger partial charge in [-0.15, -0.1) is 0 Å². The van der Waals surface area contributed by atoms with Gasteiger partial charge in [0.05, 0.1) is 23.8 Å². The van der Waals surface area contributed by atoms with Gasteiger partial charge in [0.1, 0.15) is 5.75 Å². The van der Waals surface area contributed by atoms with Gasteiger partial charge in [0.2, 0.25) is 5.75 Å². The van der Waals surface area contributed by atoms with Gasteiger partial charge in [-0.3, -0.25) is 19.7 Å². The van der Waals surface area contributed by atoms with E-state index in [9.17, 15) is 19.7 Å². The molecule has 0 aliphatic heterocycles. The van der Waals surface area contributed by atoms with E-state index in [4.69, 9.17) is 14.2 Å². The molecule has 0 aliphatic rings. The number of methoxy groups -OCH3 is 1. The molecule has 170 valence electrons. The van der Waals surface area contributed by atoms with Crippen LogP contribution in [-0.2, 0) is 9.59 Å². The first-order chi connectivity index (χ1) is 15.1. The van der Waals surface area contributed by atoms with Gasteiger partial charge >= 0.3 is 11.7 Å². The van der Waals surface area contributed by atoms with Crippen LogP contribution in [0.1, 0.15) is 43.4 Å². The summed E-state index contributed by atoms with van der Waals surface area (Å²) >= 11 is 0. The molecule has 10 nitrogen and oxygen atoms in total. The average Bonchev–Trinajstić information content (AvgIpc) is 2.71. The van der Waals surface area contributed by atoms with Crippen LogP contribution in [-0.4, -0.2) is 36.7 Å². The Morgan fingerprint density at radius 2 is 1.94 bits per heavy atom. The third-order valence-corrected chi connectivity index (χ3v) is 4.31. The van der Waals surface area contributed by atoms with Gasteiger partial charge in [0, 0.05) is 6.92 Å². The first kappa shape index (κ1) is 24.3. The lowest BCUT2D eigenvalue weighted by Crippen LogP contribution is -2.25. The van der Waals surface area contributed by atoms with Crippen molar-refractivity contribution >= 4 is 23.8 Å². The highest BCUT2D eigenvalue weighted by molar-refractivity contribution is 5.90. The fraction of sp³-hybridized carbons (Fsp3) is 0.318. The molecular weight excluding hydrogens is 418 g/mol. The number of benzene rings is 2. The smallest absolute Gasteiger partial charge is 0.323 e. The molecular formula is C22H25N3O7. The first-order valence-corrected chi connectivity index (χ1v) is 9.73. The molecule has 0 atom stereocenters. The fourth-order valence-electron chi connectivity index (χ4n) is 2.89. The van der Waals surface area contributed by atoms with Gasteiger partial charge < -0.3 is 14.2 Å². The van der Waals surface area contributed by atoms with Crippen molar-refractivity contribution in [2.24, 2.45) is 5.10 Å². The Hall–Kier alpha value is -3.95. The van der Waals surface area contributed by atoms with Crippen LogP contribution in [0.4, 0.5) is 5.69 Å². The molecule has 0 spiro atoms. The number of nitrogens with one attached hydrogen (secondary N) is 1. The van der Waals surface area contributed by atoms with Gasteiger partial charge in [-0.25, -0.2) is 5.43 Å². The van der Waals surface area contributed by atoms with Crippen LogP contribution in [0.3, 0.4) is 0 Å². The number of amides is 1. The molecule has 0 saturated carbocycles. The molecule has 2 aromatic rings. The van der Waals surface area contributed by atoms with E-state index in [1.165, 1.54) is 26.2 Å². The van der Waals surface area contributed by atoms with Crippen molar-refractivity contribution in [2.75, 3.05) is 13.7 Å². The predicted octanol–water partition coefficient (Wildman–Crippen LogP) is 3.49. The Kier molecular flexibility index (Phi) is 8.28. The zero-order valence-corrected chi connectivity index (χ0v) is 18.5. The van der Waals surface area contributed by atoms with Crippen molar-refractivity contribution in [1.82, 2.24) is 5.43 Å². The van der Waals surface area contributed by atoms with Crippen LogP contribution in [0.2, 0.25) is 0 Å². The zero-order valence-electron chi connectivity index (χ0n) is 18.5. The summed E-state index contributed by atoms with van der Waals surface area (Å²) in [4.78, 5) is 34.2. The summed E-state index contributed by atoms with van der Waals surface area (Å²) in [6.07, 6.45) is 1.10. The van der Waals surface area contributed by atoms with Crippen LogP contribution < -0.4 is 19.6 Å². The number of esters is 1. The van der Waals surface area contributed by atoms with E-state index in [1.807, 2.05) is 39.0 Å². The SMILES string of the molecule is COc1c(OC(C)=O)ccc(/C=N\NC(=O)COc2cc(C)ccc2C(C)C)c1[N+](=O)[O-]. The Balaban J connectivity index is 2.12. The number of ether oxygens (including phenoxy) is 3. The molecule has 2 aromatic carbocycles. The number of hydrazone groups is 1. The monoisotopic (exact) mass is 443 g/mol. The lowest BCUT2D eigenvalue weighted by Gasteiger charge is -2.14. The molecule has 0 radical (unpaired) electrons. The number of nitro benzene ring substituents is 1. The number of nitro groups is 1. The fourth-order valence-corrected chi connectivity index (χ4v) is 2.89. The quantitative estimate of drug-likeness (QED) is 0.206. The van der Waals surface area contributed by atoms with Crippen LogP contribution in [0, 0.1) is 17.0 Å². The van der Waals surface area contributed by atoms with E-state index in [0.29, 0.717) is 5.75 Å². The highest BCUT2D eigenvalue weighted by Gasteiger charge is 2.25. The summed E-state index contributed by atoms with van der Waals surface area (Å²) in [6, 6.07) is 8.45. The van der Waals surface area contributed by atoms with Crippen molar-refractivity contribution in [2.45, 2.75) is 33.6 Å². The second-order valence-electron chi connectivity index (χ2n) is 7.16. The Labute approximate surface area is 185 Å². The van der Waals surface area contributed by atoms with E-state index in [2.05, 4.69) is 10.5 Å². The molecule has 0 saturated heterocycles. The Morgan fingerprint density at radius 3 is 2.53 bits per heavy atom. The van der Waals surface area contributed by atoms with E-state index < -0.39 is 22.5 Å². The van der Waals surface area contributed by atoms with Crippen molar-refractivity contribution in [3.63, 3.8) is 0 Å². The number of carbonyl (C=O) groups excluding carboxylic acids is 2. The number of nitrogens with zero attached hydrogens (tertiary/aromatic N) is 2. The minimum absolute atomic E-state index is 0.0461. The normalized spacial score (nSPS) is 10.8. The van der Waals surface area contributed by atoms with Gasteiger partial charge in [-0.2, -0.15) is 5.10 Å². The van der Waals surface area contributed by atoms with Crippen molar-refractivity contribution < 1.29 is 28.7 Å². The van der Waals surface area contributed by atoms with Crippen molar-refractivity contribution in [3.05, 3.63) is 57.1 Å². The summed E-state index contributed by atoms with van der Waals surface area (Å²) in [7, 11) is 1.21. The molecule has 10 heteroatoms. The van der Waals surface area contributed by atoms with Crippen LogP contribution in [0.15, 0.2) is 35.4 Å². The molecule has 0 fully saturated rings. The molecule has 0 aromatic heterocycles. The predicted molar refractivity (Wildman–Crippen MR) is 117 cm³/mol. The minimum atomic E-state index is -0.691. The zero-order chi connectivity index (χ0) is 23.8. The summed E-state index contributed by atoms with van der Waals surface area (Å²) < 4.78 is 15.6. The van der Waals surface area contributed by atoms with Gasteiger partial charge in [0.15, 0.2) is 12.4 Å². The van der Waals surface area contributed by atoms with Gasteiger partial charge in [-0.1, -0.05) is 26.0 Å². The highest BCUT2D eigenvalue weighted by Crippen LogP contribution is 2.39. The maximum absolute atomic E-state index is 12.1. The highest BCUT2D eigenvalue weighted by atomic mass is 16.6. The maximum Gasteiger partial charge on any atom is 0.323 e. The van der Waals surface area contributed by atoms with Crippen LogP contribution >= 0.6 is 0 Å². The molecule has 0 bridgehead atoms. The molecule has 0 aliphatic carbocycles. The van der Waals surface area contributed by atoms with Crippen molar-refractivity contribution in [1.29, 1.82) is 0 Å². The standard InChI is InChI=1S/C22H25N3O7/c1-13(2)17-8-6-14(3)10-19(17)31-12-20(27)24-23-11-16-7-9-18(32-15(4)26)22(30-5)21(16)25(28)29/h6-11,13H,12H2,1-5H3,(H,24,27)/b23-11-. The first-order valence-electron chi connectivity index (χ1n) is 9.73. The van der Waals surface area contributed by atoms with E-state index >= 15 is 0 Å². The van der Waals surface area contributed by atoms with E-state index in [-0.39, 0.29) is 29.6 Å². The molecule has 0 unspecified atom stereocenters. The molecule has 2 rings (SSSR count). The summed E-state index contributed by atoms with van der Waals surface area (Å²) in [5, 5.41) is 15.3. The van der Waals surface area contributed by atoms with Gasteiger partial charge in [-0.05, 0) is 42.2 Å². The second kappa shape index (κ2) is 10.9. The number of aryl methyl sites for hydroxylation is 1. The third-order valence-electron chi connectivity index (χ3n) is 4.31. The Morgan fingerprint density at radius 1 is 1.22 bits per heavy atom.